The number of pyridine rings is 2. The fraction of sp³-hybridized carbons (Fsp3) is 0.261. The van der Waals surface area contributed by atoms with Gasteiger partial charge in [-0.05, 0) is 44.0 Å². The molecule has 0 aliphatic heterocycles. The molecule has 0 atom stereocenters. The van der Waals surface area contributed by atoms with Crippen molar-refractivity contribution in [3.05, 3.63) is 48.4 Å². The van der Waals surface area contributed by atoms with Gasteiger partial charge in [0.15, 0.2) is 11.6 Å². The fourth-order valence-electron chi connectivity index (χ4n) is 3.58. The summed E-state index contributed by atoms with van der Waals surface area (Å²) in [5.41, 5.74) is 4.48. The molecule has 5 rings (SSSR count). The van der Waals surface area contributed by atoms with Crippen molar-refractivity contribution in [1.82, 2.24) is 24.7 Å². The lowest BCUT2D eigenvalue weighted by atomic mass is 10.1. The summed E-state index contributed by atoms with van der Waals surface area (Å²) in [7, 11) is 3.43. The summed E-state index contributed by atoms with van der Waals surface area (Å²) in [4.78, 5) is 25.9. The Hall–Kier alpha value is -4.01. The first-order valence-corrected chi connectivity index (χ1v) is 10.4. The second-order valence-corrected chi connectivity index (χ2v) is 7.89. The molecule has 0 saturated heterocycles. The largest absolute Gasteiger partial charge is 0.494 e. The number of carbonyl (C=O) groups is 1. The Bertz CT molecular complexity index is 1330. The zero-order valence-corrected chi connectivity index (χ0v) is 18.1. The summed E-state index contributed by atoms with van der Waals surface area (Å²) in [5.74, 6) is 1.76. The van der Waals surface area contributed by atoms with Gasteiger partial charge in [0.2, 0.25) is 5.91 Å². The number of benzene rings is 1. The molecule has 1 amide bonds. The number of fused-ring (bicyclic) bond motifs is 1. The van der Waals surface area contributed by atoms with Crippen LogP contribution in [0, 0.1) is 12.8 Å². The Morgan fingerprint density at radius 1 is 1.16 bits per heavy atom. The minimum Gasteiger partial charge on any atom is -0.494 e. The van der Waals surface area contributed by atoms with Crippen molar-refractivity contribution in [2.45, 2.75) is 19.8 Å². The van der Waals surface area contributed by atoms with Crippen molar-refractivity contribution >= 4 is 34.1 Å². The number of aryl methyl sites for hydroxylation is 2. The number of aromatic nitrogens is 5. The summed E-state index contributed by atoms with van der Waals surface area (Å²) in [5, 5.41) is 10.8. The molecule has 4 aromatic rings. The maximum Gasteiger partial charge on any atom is 0.228 e. The van der Waals surface area contributed by atoms with E-state index in [0.29, 0.717) is 34.1 Å². The molecule has 1 aromatic carbocycles. The zero-order chi connectivity index (χ0) is 22.2. The van der Waals surface area contributed by atoms with Crippen molar-refractivity contribution < 1.29 is 9.53 Å². The van der Waals surface area contributed by atoms with Crippen LogP contribution in [0.1, 0.15) is 18.5 Å². The highest BCUT2D eigenvalue weighted by molar-refractivity contribution is 5.98. The van der Waals surface area contributed by atoms with Gasteiger partial charge in [-0.1, -0.05) is 6.07 Å². The minimum absolute atomic E-state index is 0.00340. The highest BCUT2D eigenvalue weighted by atomic mass is 16.5. The van der Waals surface area contributed by atoms with Gasteiger partial charge in [-0.15, -0.1) is 0 Å². The van der Waals surface area contributed by atoms with E-state index in [0.717, 1.165) is 29.8 Å². The summed E-state index contributed by atoms with van der Waals surface area (Å²) >= 11 is 0. The van der Waals surface area contributed by atoms with Gasteiger partial charge in [0.1, 0.15) is 17.7 Å². The standard InChI is InChI=1S/C23H23N7O2/c1-13-7-10-16-20(25-13)18(11-19(27-16)28-23(31)14-8-9-14)26-17-6-4-5-15(21(17)32-3)22-24-12-30(2)29-22/h4-7,10-12,14H,8-9H2,1-3H3,(H2,26,27,28,31). The average Bonchev–Trinajstić information content (AvgIpc) is 3.55. The molecule has 1 fully saturated rings. The smallest absolute Gasteiger partial charge is 0.228 e. The van der Waals surface area contributed by atoms with Crippen LogP contribution in [0.5, 0.6) is 5.75 Å². The predicted molar refractivity (Wildman–Crippen MR) is 122 cm³/mol. The number of nitrogens with one attached hydrogen (secondary N) is 2. The van der Waals surface area contributed by atoms with Crippen LogP contribution in [-0.4, -0.2) is 37.7 Å². The van der Waals surface area contributed by atoms with Crippen LogP contribution in [0.25, 0.3) is 22.4 Å². The van der Waals surface area contributed by atoms with Crippen molar-refractivity contribution in [2.75, 3.05) is 17.7 Å². The molecule has 0 unspecified atom stereocenters. The van der Waals surface area contributed by atoms with Crippen molar-refractivity contribution in [1.29, 1.82) is 0 Å². The summed E-state index contributed by atoms with van der Waals surface area (Å²) in [6.45, 7) is 1.93. The van der Waals surface area contributed by atoms with Gasteiger partial charge in [0.05, 0.1) is 29.6 Å². The number of methoxy groups -OCH3 is 1. The predicted octanol–water partition coefficient (Wildman–Crippen LogP) is 3.83. The number of hydrogen-bond acceptors (Lipinski definition) is 7. The Morgan fingerprint density at radius 3 is 2.72 bits per heavy atom. The third kappa shape index (κ3) is 3.84. The third-order valence-electron chi connectivity index (χ3n) is 5.32. The fourth-order valence-corrected chi connectivity index (χ4v) is 3.58. The number of rotatable bonds is 6. The van der Waals surface area contributed by atoms with E-state index < -0.39 is 0 Å². The molecule has 2 N–H and O–H groups in total. The molecule has 1 aliphatic rings. The highest BCUT2D eigenvalue weighted by Crippen LogP contribution is 2.38. The van der Waals surface area contributed by atoms with Crippen LogP contribution in [0.15, 0.2) is 42.7 Å². The quantitative estimate of drug-likeness (QED) is 0.480. The van der Waals surface area contributed by atoms with E-state index in [9.17, 15) is 4.79 Å². The Morgan fingerprint density at radius 2 is 2.00 bits per heavy atom. The summed E-state index contributed by atoms with van der Waals surface area (Å²) in [6, 6.07) is 11.3. The lowest BCUT2D eigenvalue weighted by molar-refractivity contribution is -0.117. The van der Waals surface area contributed by atoms with E-state index >= 15 is 0 Å². The molecule has 1 saturated carbocycles. The summed E-state index contributed by atoms with van der Waals surface area (Å²) in [6.07, 6.45) is 3.50. The second-order valence-electron chi connectivity index (χ2n) is 7.89. The van der Waals surface area contributed by atoms with Gasteiger partial charge in [-0.3, -0.25) is 9.48 Å². The molecule has 9 heteroatoms. The Labute approximate surface area is 184 Å². The molecule has 3 aromatic heterocycles. The van der Waals surface area contributed by atoms with E-state index in [4.69, 9.17) is 4.74 Å². The lowest BCUT2D eigenvalue weighted by Crippen LogP contribution is -2.14. The van der Waals surface area contributed by atoms with E-state index in [2.05, 4.69) is 30.7 Å². The zero-order valence-electron chi connectivity index (χ0n) is 18.1. The second kappa shape index (κ2) is 7.92. The van der Waals surface area contributed by atoms with Gasteiger partial charge < -0.3 is 15.4 Å². The highest BCUT2D eigenvalue weighted by Gasteiger charge is 2.30. The third-order valence-corrected chi connectivity index (χ3v) is 5.32. The molecule has 0 bridgehead atoms. The SMILES string of the molecule is COc1c(Nc2cc(NC(=O)C3CC3)nc3ccc(C)nc23)cccc1-c1ncn(C)n1. The number of para-hydroxylation sites is 1. The van der Waals surface area contributed by atoms with Crippen LogP contribution in [-0.2, 0) is 11.8 Å². The number of amides is 1. The average molecular weight is 429 g/mol. The molecular weight excluding hydrogens is 406 g/mol. The topological polar surface area (TPSA) is 107 Å². The van der Waals surface area contributed by atoms with Crippen LogP contribution in [0.2, 0.25) is 0 Å². The van der Waals surface area contributed by atoms with Gasteiger partial charge in [-0.2, -0.15) is 5.10 Å². The number of anilines is 3. The molecule has 0 radical (unpaired) electrons. The molecular formula is C23H23N7O2. The van der Waals surface area contributed by atoms with Crippen molar-refractivity contribution in [2.24, 2.45) is 13.0 Å². The molecule has 0 spiro atoms. The maximum absolute atomic E-state index is 12.3. The van der Waals surface area contributed by atoms with Gasteiger partial charge >= 0.3 is 0 Å². The number of ether oxygens (including phenoxy) is 1. The monoisotopic (exact) mass is 429 g/mol. The van der Waals surface area contributed by atoms with Crippen LogP contribution >= 0.6 is 0 Å². The first-order chi connectivity index (χ1) is 15.5. The minimum atomic E-state index is 0.00340. The number of hydrogen-bond donors (Lipinski definition) is 2. The van der Waals surface area contributed by atoms with Crippen molar-refractivity contribution in [3.8, 4) is 17.1 Å². The maximum atomic E-state index is 12.3. The van der Waals surface area contributed by atoms with Gasteiger partial charge in [0.25, 0.3) is 0 Å². The van der Waals surface area contributed by atoms with Gasteiger partial charge in [0, 0.05) is 24.7 Å². The first kappa shape index (κ1) is 19.9. The Kier molecular flexibility index (Phi) is 4.93. The molecule has 1 aliphatic carbocycles. The van der Waals surface area contributed by atoms with E-state index in [-0.39, 0.29) is 11.8 Å². The summed E-state index contributed by atoms with van der Waals surface area (Å²) < 4.78 is 7.37. The molecule has 32 heavy (non-hydrogen) atoms. The first-order valence-electron chi connectivity index (χ1n) is 10.4. The molecule has 9 nitrogen and oxygen atoms in total. The molecule has 162 valence electrons. The normalized spacial score (nSPS) is 13.2. The van der Waals surface area contributed by atoms with E-state index in [1.54, 1.807) is 24.2 Å². The van der Waals surface area contributed by atoms with E-state index in [1.807, 2.05) is 44.3 Å². The van der Waals surface area contributed by atoms with Gasteiger partial charge in [-0.25, -0.2) is 15.0 Å². The molecule has 3 heterocycles. The van der Waals surface area contributed by atoms with E-state index in [1.165, 1.54) is 0 Å². The van der Waals surface area contributed by atoms with Crippen LogP contribution < -0.4 is 15.4 Å². The van der Waals surface area contributed by atoms with Crippen molar-refractivity contribution in [3.63, 3.8) is 0 Å². The number of carbonyl (C=O) groups excluding carboxylic acids is 1. The van der Waals surface area contributed by atoms with Crippen LogP contribution in [0.3, 0.4) is 0 Å². The lowest BCUT2D eigenvalue weighted by Gasteiger charge is -2.16. The van der Waals surface area contributed by atoms with Crippen LogP contribution in [0.4, 0.5) is 17.2 Å². The Balaban J connectivity index is 1.58. The number of nitrogens with zero attached hydrogens (tertiary/aromatic N) is 5.